The van der Waals surface area contributed by atoms with E-state index >= 15 is 0 Å². The molecule has 5 heteroatoms. The van der Waals surface area contributed by atoms with Crippen LogP contribution in [-0.4, -0.2) is 5.91 Å². The van der Waals surface area contributed by atoms with Gasteiger partial charge in [-0.05, 0) is 36.6 Å². The number of rotatable bonds is 3. The minimum atomic E-state index is -0.158. The fraction of sp³-hybridized carbons (Fsp3) is 0.154. The molecule has 0 aliphatic carbocycles. The number of nitrogens with two attached hydrogens (primary N) is 1. The largest absolute Gasteiger partial charge is 0.398 e. The van der Waals surface area contributed by atoms with E-state index < -0.39 is 0 Å². The van der Waals surface area contributed by atoms with E-state index in [0.717, 1.165) is 9.35 Å². The Bertz CT molecular complexity index is 554. The Labute approximate surface area is 118 Å². The number of carbonyl (C=O) groups excluding carboxylic acids is 1. The minimum Gasteiger partial charge on any atom is -0.398 e. The van der Waals surface area contributed by atoms with E-state index in [1.165, 1.54) is 0 Å². The zero-order valence-corrected chi connectivity index (χ0v) is 12.2. The molecule has 0 radical (unpaired) electrons. The van der Waals surface area contributed by atoms with Crippen molar-refractivity contribution in [3.63, 3.8) is 0 Å². The van der Waals surface area contributed by atoms with Crippen molar-refractivity contribution >= 4 is 38.9 Å². The van der Waals surface area contributed by atoms with E-state index in [9.17, 15) is 4.79 Å². The van der Waals surface area contributed by atoms with Crippen molar-refractivity contribution in [1.82, 2.24) is 5.32 Å². The van der Waals surface area contributed by atoms with Crippen LogP contribution in [-0.2, 0) is 0 Å². The molecule has 0 unspecified atom stereocenters. The third kappa shape index (κ3) is 2.91. The van der Waals surface area contributed by atoms with Gasteiger partial charge in [0.1, 0.15) is 0 Å². The number of amides is 1. The van der Waals surface area contributed by atoms with Crippen molar-refractivity contribution < 1.29 is 4.79 Å². The zero-order chi connectivity index (χ0) is 13.1. The van der Waals surface area contributed by atoms with Gasteiger partial charge >= 0.3 is 0 Å². The van der Waals surface area contributed by atoms with Gasteiger partial charge in [0.05, 0.1) is 11.6 Å². The summed E-state index contributed by atoms with van der Waals surface area (Å²) in [7, 11) is 0. The predicted octanol–water partition coefficient (Wildman–Crippen LogP) is 3.58. The third-order valence-corrected chi connectivity index (χ3v) is 4.13. The molecule has 0 fully saturated rings. The van der Waals surface area contributed by atoms with Gasteiger partial charge in [-0.1, -0.05) is 22.0 Å². The van der Waals surface area contributed by atoms with Crippen molar-refractivity contribution in [2.45, 2.75) is 13.0 Å². The standard InChI is InChI=1S/C13H13BrN2OS/c1-8(12-3-2-6-18-12)16-13(17)10-7-9(14)4-5-11(10)15/h2-8H,15H2,1H3,(H,16,17)/t8-/m0/s1. The number of hydrogen-bond donors (Lipinski definition) is 2. The molecule has 1 aromatic carbocycles. The summed E-state index contributed by atoms with van der Waals surface area (Å²) in [6, 6.07) is 9.21. The maximum Gasteiger partial charge on any atom is 0.253 e. The molecule has 1 aromatic heterocycles. The smallest absolute Gasteiger partial charge is 0.253 e. The SMILES string of the molecule is C[C@H](NC(=O)c1cc(Br)ccc1N)c1cccs1. The molecule has 2 aromatic rings. The first-order valence-corrected chi connectivity index (χ1v) is 7.14. The van der Waals surface area contributed by atoms with E-state index in [1.807, 2.05) is 30.5 Å². The van der Waals surface area contributed by atoms with Crippen LogP contribution >= 0.6 is 27.3 Å². The topological polar surface area (TPSA) is 55.1 Å². The highest BCUT2D eigenvalue weighted by Gasteiger charge is 2.14. The zero-order valence-electron chi connectivity index (χ0n) is 9.81. The summed E-state index contributed by atoms with van der Waals surface area (Å²) in [5, 5.41) is 4.93. The van der Waals surface area contributed by atoms with Gasteiger partial charge in [-0.15, -0.1) is 11.3 Å². The number of nitrogen functional groups attached to an aromatic ring is 1. The maximum absolute atomic E-state index is 12.1. The second-order valence-corrected chi connectivity index (χ2v) is 5.84. The van der Waals surface area contributed by atoms with Crippen molar-refractivity contribution in [1.29, 1.82) is 0 Å². The molecule has 0 bridgehead atoms. The van der Waals surface area contributed by atoms with Gasteiger partial charge in [-0.2, -0.15) is 0 Å². The molecule has 2 rings (SSSR count). The molecule has 94 valence electrons. The van der Waals surface area contributed by atoms with E-state index in [-0.39, 0.29) is 11.9 Å². The summed E-state index contributed by atoms with van der Waals surface area (Å²) in [6.07, 6.45) is 0. The molecule has 0 spiro atoms. The van der Waals surface area contributed by atoms with Crippen LogP contribution < -0.4 is 11.1 Å². The first-order valence-electron chi connectivity index (χ1n) is 5.47. The summed E-state index contributed by atoms with van der Waals surface area (Å²) in [5.74, 6) is -0.158. The Balaban J connectivity index is 2.15. The Morgan fingerprint density at radius 3 is 2.89 bits per heavy atom. The highest BCUT2D eigenvalue weighted by Crippen LogP contribution is 2.21. The number of anilines is 1. The highest BCUT2D eigenvalue weighted by atomic mass is 79.9. The first kappa shape index (κ1) is 13.1. The fourth-order valence-electron chi connectivity index (χ4n) is 1.61. The second-order valence-electron chi connectivity index (χ2n) is 3.94. The molecule has 1 heterocycles. The van der Waals surface area contributed by atoms with Crippen LogP contribution in [0.2, 0.25) is 0 Å². The average Bonchev–Trinajstić information content (AvgIpc) is 2.85. The minimum absolute atomic E-state index is 0.0177. The van der Waals surface area contributed by atoms with Crippen LogP contribution in [0.3, 0.4) is 0 Å². The Kier molecular flexibility index (Phi) is 4.04. The second kappa shape index (κ2) is 5.54. The Morgan fingerprint density at radius 1 is 1.44 bits per heavy atom. The van der Waals surface area contributed by atoms with Crippen molar-refractivity contribution in [2.75, 3.05) is 5.73 Å². The summed E-state index contributed by atoms with van der Waals surface area (Å²) < 4.78 is 0.839. The lowest BCUT2D eigenvalue weighted by Crippen LogP contribution is -2.26. The number of benzene rings is 1. The third-order valence-electron chi connectivity index (χ3n) is 2.58. The summed E-state index contributed by atoms with van der Waals surface area (Å²) in [5.41, 5.74) is 6.78. The summed E-state index contributed by atoms with van der Waals surface area (Å²) >= 11 is 4.96. The van der Waals surface area contributed by atoms with Crippen molar-refractivity contribution in [3.05, 3.63) is 50.6 Å². The van der Waals surface area contributed by atoms with Gasteiger partial charge in [-0.25, -0.2) is 0 Å². The maximum atomic E-state index is 12.1. The quantitative estimate of drug-likeness (QED) is 0.848. The fourth-order valence-corrected chi connectivity index (χ4v) is 2.70. The molecule has 18 heavy (non-hydrogen) atoms. The van der Waals surface area contributed by atoms with Crippen LogP contribution in [0.4, 0.5) is 5.69 Å². The van der Waals surface area contributed by atoms with E-state index in [4.69, 9.17) is 5.73 Å². The van der Waals surface area contributed by atoms with Gasteiger partial charge in [0, 0.05) is 15.0 Å². The van der Waals surface area contributed by atoms with Crippen LogP contribution in [0.5, 0.6) is 0 Å². The number of thiophene rings is 1. The van der Waals surface area contributed by atoms with E-state index in [2.05, 4.69) is 21.2 Å². The Morgan fingerprint density at radius 2 is 2.22 bits per heavy atom. The molecule has 1 amide bonds. The van der Waals surface area contributed by atoms with Crippen molar-refractivity contribution in [3.8, 4) is 0 Å². The number of nitrogens with one attached hydrogen (secondary N) is 1. The van der Waals surface area contributed by atoms with Gasteiger partial charge in [0.15, 0.2) is 0 Å². The van der Waals surface area contributed by atoms with Crippen LogP contribution in [0.25, 0.3) is 0 Å². The molecule has 3 nitrogen and oxygen atoms in total. The molecule has 3 N–H and O–H groups in total. The van der Waals surface area contributed by atoms with E-state index in [1.54, 1.807) is 23.5 Å². The molecular weight excluding hydrogens is 312 g/mol. The van der Waals surface area contributed by atoms with Gasteiger partial charge in [-0.3, -0.25) is 4.79 Å². The molecule has 0 aliphatic rings. The number of hydrogen-bond acceptors (Lipinski definition) is 3. The molecular formula is C13H13BrN2OS. The lowest BCUT2D eigenvalue weighted by atomic mass is 10.1. The van der Waals surface area contributed by atoms with E-state index in [0.29, 0.717) is 11.3 Å². The van der Waals surface area contributed by atoms with Gasteiger partial charge in [0.25, 0.3) is 5.91 Å². The predicted molar refractivity (Wildman–Crippen MR) is 78.8 cm³/mol. The lowest BCUT2D eigenvalue weighted by molar-refractivity contribution is 0.0941. The molecule has 0 saturated heterocycles. The van der Waals surface area contributed by atoms with Crippen LogP contribution in [0.1, 0.15) is 28.2 Å². The number of halogens is 1. The molecule has 0 saturated carbocycles. The normalized spacial score (nSPS) is 12.1. The highest BCUT2D eigenvalue weighted by molar-refractivity contribution is 9.10. The van der Waals surface area contributed by atoms with Crippen LogP contribution in [0, 0.1) is 0 Å². The monoisotopic (exact) mass is 324 g/mol. The lowest BCUT2D eigenvalue weighted by Gasteiger charge is -2.13. The van der Waals surface area contributed by atoms with Crippen molar-refractivity contribution in [2.24, 2.45) is 0 Å². The molecule has 1 atom stereocenters. The summed E-state index contributed by atoms with van der Waals surface area (Å²) in [6.45, 7) is 1.96. The van der Waals surface area contributed by atoms with Crippen LogP contribution in [0.15, 0.2) is 40.2 Å². The van der Waals surface area contributed by atoms with Gasteiger partial charge < -0.3 is 11.1 Å². The average molecular weight is 325 g/mol. The Hall–Kier alpha value is -1.33. The van der Waals surface area contributed by atoms with Gasteiger partial charge in [0.2, 0.25) is 0 Å². The first-order chi connectivity index (χ1) is 8.58. The number of carbonyl (C=O) groups is 1. The molecule has 0 aliphatic heterocycles. The summed E-state index contributed by atoms with van der Waals surface area (Å²) in [4.78, 5) is 13.2.